The summed E-state index contributed by atoms with van der Waals surface area (Å²) < 4.78 is 18.1. The molecule has 21 heavy (non-hydrogen) atoms. The topological polar surface area (TPSA) is 64.3 Å². The molecule has 0 aliphatic heterocycles. The smallest absolute Gasteiger partial charge is 0.241 e. The molecule has 0 fully saturated rings. The Labute approximate surface area is 122 Å². The number of ether oxygens (including phenoxy) is 1. The largest absolute Gasteiger partial charge is 0.494 e. The Hall–Kier alpha value is -2.40. The van der Waals surface area contributed by atoms with E-state index in [2.05, 4.69) is 5.32 Å². The summed E-state index contributed by atoms with van der Waals surface area (Å²) in [4.78, 5) is 12.1. The van der Waals surface area contributed by atoms with Gasteiger partial charge in [-0.15, -0.1) is 0 Å². The van der Waals surface area contributed by atoms with Gasteiger partial charge >= 0.3 is 0 Å². The number of carbonyl (C=O) groups is 1. The van der Waals surface area contributed by atoms with Crippen molar-refractivity contribution in [2.75, 3.05) is 12.4 Å². The molecule has 0 radical (unpaired) electrons. The molecule has 0 saturated carbocycles. The van der Waals surface area contributed by atoms with E-state index >= 15 is 0 Å². The maximum absolute atomic E-state index is 13.1. The number of carbonyl (C=O) groups excluding carboxylic acids is 1. The number of nitrogens with one attached hydrogen (secondary N) is 1. The summed E-state index contributed by atoms with van der Waals surface area (Å²) in [5, 5.41) is 2.65. The monoisotopic (exact) mass is 288 g/mol. The molecule has 0 spiro atoms. The Kier molecular flexibility index (Phi) is 4.90. The minimum atomic E-state index is -0.692. The van der Waals surface area contributed by atoms with Crippen LogP contribution in [0.5, 0.6) is 5.75 Å². The third-order valence-corrected chi connectivity index (χ3v) is 3.06. The lowest BCUT2D eigenvalue weighted by atomic mass is 10.1. The van der Waals surface area contributed by atoms with E-state index in [0.29, 0.717) is 12.1 Å². The molecule has 5 heteroatoms. The number of rotatable bonds is 5. The molecule has 3 N–H and O–H groups in total. The van der Waals surface area contributed by atoms with Crippen molar-refractivity contribution in [1.29, 1.82) is 0 Å². The summed E-state index contributed by atoms with van der Waals surface area (Å²) in [6, 6.07) is 12.7. The number of halogens is 1. The van der Waals surface area contributed by atoms with Crippen LogP contribution in [0.1, 0.15) is 5.56 Å². The van der Waals surface area contributed by atoms with Gasteiger partial charge in [0.05, 0.1) is 18.8 Å². The highest BCUT2D eigenvalue weighted by atomic mass is 19.1. The van der Waals surface area contributed by atoms with Crippen molar-refractivity contribution in [1.82, 2.24) is 0 Å². The van der Waals surface area contributed by atoms with Crippen LogP contribution in [0.4, 0.5) is 10.1 Å². The highest BCUT2D eigenvalue weighted by Crippen LogP contribution is 2.25. The van der Waals surface area contributed by atoms with Crippen LogP contribution < -0.4 is 15.8 Å². The number of methoxy groups -OCH3 is 1. The quantitative estimate of drug-likeness (QED) is 0.887. The molecule has 110 valence electrons. The Morgan fingerprint density at radius 1 is 1.29 bits per heavy atom. The van der Waals surface area contributed by atoms with E-state index in [1.807, 2.05) is 30.3 Å². The maximum Gasteiger partial charge on any atom is 0.241 e. The summed E-state index contributed by atoms with van der Waals surface area (Å²) in [5.41, 5.74) is 7.27. The van der Waals surface area contributed by atoms with Crippen LogP contribution in [0.15, 0.2) is 48.5 Å². The van der Waals surface area contributed by atoms with Gasteiger partial charge < -0.3 is 15.8 Å². The van der Waals surface area contributed by atoms with Crippen molar-refractivity contribution < 1.29 is 13.9 Å². The van der Waals surface area contributed by atoms with Gasteiger partial charge in [-0.05, 0) is 24.1 Å². The average molecular weight is 288 g/mol. The van der Waals surface area contributed by atoms with Gasteiger partial charge in [0, 0.05) is 6.07 Å². The minimum Gasteiger partial charge on any atom is -0.494 e. The Morgan fingerprint density at radius 2 is 2.00 bits per heavy atom. The lowest BCUT2D eigenvalue weighted by Crippen LogP contribution is -2.37. The summed E-state index contributed by atoms with van der Waals surface area (Å²) in [6.45, 7) is 0. The fourth-order valence-corrected chi connectivity index (χ4v) is 1.95. The Bertz CT molecular complexity index is 617. The van der Waals surface area contributed by atoms with Gasteiger partial charge in [-0.1, -0.05) is 30.3 Å². The first-order valence-corrected chi connectivity index (χ1v) is 6.54. The van der Waals surface area contributed by atoms with Gasteiger partial charge in [0.25, 0.3) is 0 Å². The average Bonchev–Trinajstić information content (AvgIpc) is 2.49. The van der Waals surface area contributed by atoms with Crippen LogP contribution in [-0.4, -0.2) is 19.1 Å². The number of anilines is 1. The van der Waals surface area contributed by atoms with E-state index < -0.39 is 11.9 Å². The van der Waals surface area contributed by atoms with Crippen LogP contribution in [0.3, 0.4) is 0 Å². The number of amides is 1. The zero-order valence-corrected chi connectivity index (χ0v) is 11.7. The lowest BCUT2D eigenvalue weighted by molar-refractivity contribution is -0.117. The van der Waals surface area contributed by atoms with Crippen LogP contribution in [0.25, 0.3) is 0 Å². The molecule has 2 rings (SSSR count). The first-order valence-electron chi connectivity index (χ1n) is 6.54. The van der Waals surface area contributed by atoms with Crippen molar-refractivity contribution in [3.8, 4) is 5.75 Å². The van der Waals surface area contributed by atoms with Crippen molar-refractivity contribution in [3.63, 3.8) is 0 Å². The number of benzene rings is 2. The Morgan fingerprint density at radius 3 is 2.67 bits per heavy atom. The molecular weight excluding hydrogens is 271 g/mol. The van der Waals surface area contributed by atoms with Crippen molar-refractivity contribution in [2.45, 2.75) is 12.5 Å². The lowest BCUT2D eigenvalue weighted by Gasteiger charge is -2.14. The summed E-state index contributed by atoms with van der Waals surface area (Å²) in [7, 11) is 1.41. The summed E-state index contributed by atoms with van der Waals surface area (Å²) in [5.74, 6) is -0.516. The standard InChI is InChI=1S/C16H17FN2O2/c1-21-15-10-12(17)7-8-14(15)19-16(20)13(18)9-11-5-3-2-4-6-11/h2-8,10,13H,9,18H2,1H3,(H,19,20)/t13-/m0/s1. The Balaban J connectivity index is 2.04. The predicted octanol–water partition coefficient (Wildman–Crippen LogP) is 2.34. The molecule has 2 aromatic rings. The van der Waals surface area contributed by atoms with Gasteiger partial charge in [0.2, 0.25) is 5.91 Å². The number of hydrogen-bond donors (Lipinski definition) is 2. The van der Waals surface area contributed by atoms with Crippen LogP contribution in [0.2, 0.25) is 0 Å². The van der Waals surface area contributed by atoms with E-state index in [4.69, 9.17) is 10.5 Å². The van der Waals surface area contributed by atoms with Crippen molar-refractivity contribution in [2.24, 2.45) is 5.73 Å². The van der Waals surface area contributed by atoms with Crippen LogP contribution in [0, 0.1) is 5.82 Å². The fourth-order valence-electron chi connectivity index (χ4n) is 1.95. The molecule has 0 aromatic heterocycles. The predicted molar refractivity (Wildman–Crippen MR) is 79.7 cm³/mol. The molecule has 0 heterocycles. The van der Waals surface area contributed by atoms with Gasteiger partial charge in [-0.2, -0.15) is 0 Å². The van der Waals surface area contributed by atoms with E-state index in [0.717, 1.165) is 5.56 Å². The molecule has 0 saturated heterocycles. The van der Waals surface area contributed by atoms with Crippen molar-refractivity contribution in [3.05, 3.63) is 59.9 Å². The van der Waals surface area contributed by atoms with Gasteiger partial charge in [0.1, 0.15) is 11.6 Å². The molecule has 0 aliphatic rings. The van der Waals surface area contributed by atoms with Crippen LogP contribution >= 0.6 is 0 Å². The molecule has 4 nitrogen and oxygen atoms in total. The minimum absolute atomic E-state index is 0.260. The second-order valence-corrected chi connectivity index (χ2v) is 4.63. The highest BCUT2D eigenvalue weighted by molar-refractivity contribution is 5.96. The molecule has 1 atom stereocenters. The number of hydrogen-bond acceptors (Lipinski definition) is 3. The third kappa shape index (κ3) is 4.03. The molecular formula is C16H17FN2O2. The molecule has 0 bridgehead atoms. The summed E-state index contributed by atoms with van der Waals surface area (Å²) >= 11 is 0. The highest BCUT2D eigenvalue weighted by Gasteiger charge is 2.16. The zero-order valence-electron chi connectivity index (χ0n) is 11.7. The van der Waals surface area contributed by atoms with E-state index in [9.17, 15) is 9.18 Å². The third-order valence-electron chi connectivity index (χ3n) is 3.06. The zero-order chi connectivity index (χ0) is 15.2. The van der Waals surface area contributed by atoms with Gasteiger partial charge in [-0.3, -0.25) is 4.79 Å². The van der Waals surface area contributed by atoms with Gasteiger partial charge in [0.15, 0.2) is 0 Å². The maximum atomic E-state index is 13.1. The molecule has 2 aromatic carbocycles. The SMILES string of the molecule is COc1cc(F)ccc1NC(=O)[C@@H](N)Cc1ccccc1. The van der Waals surface area contributed by atoms with E-state index in [1.165, 1.54) is 25.3 Å². The first-order chi connectivity index (χ1) is 10.1. The van der Waals surface area contributed by atoms with E-state index in [-0.39, 0.29) is 11.7 Å². The second-order valence-electron chi connectivity index (χ2n) is 4.63. The van der Waals surface area contributed by atoms with Gasteiger partial charge in [-0.25, -0.2) is 4.39 Å². The molecule has 1 amide bonds. The van der Waals surface area contributed by atoms with Crippen LogP contribution in [-0.2, 0) is 11.2 Å². The second kappa shape index (κ2) is 6.85. The van der Waals surface area contributed by atoms with Crippen molar-refractivity contribution >= 4 is 11.6 Å². The summed E-state index contributed by atoms with van der Waals surface area (Å²) in [6.07, 6.45) is 0.427. The number of nitrogens with two attached hydrogens (primary N) is 1. The fraction of sp³-hybridized carbons (Fsp3) is 0.188. The molecule has 0 aliphatic carbocycles. The normalized spacial score (nSPS) is 11.8. The first kappa shape index (κ1) is 15.0. The molecule has 0 unspecified atom stereocenters. The van der Waals surface area contributed by atoms with E-state index in [1.54, 1.807) is 0 Å².